The van der Waals surface area contributed by atoms with Crippen molar-refractivity contribution in [2.75, 3.05) is 7.11 Å². The monoisotopic (exact) mass is 310 g/mol. The molecule has 2 aromatic carbocycles. The van der Waals surface area contributed by atoms with Crippen LogP contribution in [-0.2, 0) is 16.1 Å². The fourth-order valence-electron chi connectivity index (χ4n) is 2.42. The SMILES string of the molecule is C/C=C(\C(=O)OC)c1ccccc1COc1cc(C)ccc1C. The molecule has 2 rings (SSSR count). The summed E-state index contributed by atoms with van der Waals surface area (Å²) in [6.45, 7) is 6.28. The minimum absolute atomic E-state index is 0.341. The standard InChI is InChI=1S/C20H22O3/c1-5-17(20(21)22-4)18-9-7-6-8-16(18)13-23-19-12-14(2)10-11-15(19)3/h5-12H,13H2,1-4H3/b17-5-. The first-order valence-corrected chi connectivity index (χ1v) is 7.59. The third kappa shape index (κ3) is 4.01. The molecule has 23 heavy (non-hydrogen) atoms. The first-order chi connectivity index (χ1) is 11.1. The van der Waals surface area contributed by atoms with Crippen molar-refractivity contribution in [1.29, 1.82) is 0 Å². The topological polar surface area (TPSA) is 35.5 Å². The summed E-state index contributed by atoms with van der Waals surface area (Å²) in [7, 11) is 1.39. The molecule has 0 radical (unpaired) electrons. The fraction of sp³-hybridized carbons (Fsp3) is 0.250. The van der Waals surface area contributed by atoms with Crippen LogP contribution in [0.5, 0.6) is 5.75 Å². The number of allylic oxidation sites excluding steroid dienone is 1. The van der Waals surface area contributed by atoms with Crippen LogP contribution in [0.4, 0.5) is 0 Å². The molecule has 2 aromatic rings. The number of benzene rings is 2. The van der Waals surface area contributed by atoms with E-state index in [2.05, 4.69) is 6.07 Å². The zero-order valence-corrected chi connectivity index (χ0v) is 14.1. The summed E-state index contributed by atoms with van der Waals surface area (Å²) < 4.78 is 10.8. The Hall–Kier alpha value is -2.55. The first-order valence-electron chi connectivity index (χ1n) is 7.59. The highest BCUT2D eigenvalue weighted by Gasteiger charge is 2.15. The molecule has 3 nitrogen and oxygen atoms in total. The Morgan fingerprint density at radius 1 is 1.13 bits per heavy atom. The van der Waals surface area contributed by atoms with Gasteiger partial charge < -0.3 is 9.47 Å². The van der Waals surface area contributed by atoms with E-state index in [-0.39, 0.29) is 5.97 Å². The Morgan fingerprint density at radius 2 is 1.87 bits per heavy atom. The van der Waals surface area contributed by atoms with E-state index in [1.807, 2.05) is 57.2 Å². The van der Waals surface area contributed by atoms with Gasteiger partial charge in [0.1, 0.15) is 12.4 Å². The Morgan fingerprint density at radius 3 is 2.57 bits per heavy atom. The van der Waals surface area contributed by atoms with Gasteiger partial charge in [-0.1, -0.05) is 42.5 Å². The van der Waals surface area contributed by atoms with E-state index in [9.17, 15) is 4.79 Å². The predicted octanol–water partition coefficient (Wildman–Crippen LogP) is 4.46. The van der Waals surface area contributed by atoms with Gasteiger partial charge in [0, 0.05) is 0 Å². The van der Waals surface area contributed by atoms with Crippen LogP contribution in [-0.4, -0.2) is 13.1 Å². The second kappa shape index (κ2) is 7.63. The van der Waals surface area contributed by atoms with E-state index >= 15 is 0 Å². The van der Waals surface area contributed by atoms with Gasteiger partial charge in [0.2, 0.25) is 0 Å². The van der Waals surface area contributed by atoms with Crippen LogP contribution in [0.15, 0.2) is 48.5 Å². The number of rotatable bonds is 5. The van der Waals surface area contributed by atoms with Gasteiger partial charge in [-0.05, 0) is 49.1 Å². The number of hydrogen-bond donors (Lipinski definition) is 0. The molecule has 0 aliphatic heterocycles. The molecule has 0 fully saturated rings. The van der Waals surface area contributed by atoms with Crippen molar-refractivity contribution >= 4 is 11.5 Å². The molecule has 0 bridgehead atoms. The molecule has 0 aliphatic carbocycles. The van der Waals surface area contributed by atoms with E-state index < -0.39 is 0 Å². The van der Waals surface area contributed by atoms with Crippen LogP contribution in [0.2, 0.25) is 0 Å². The molecule has 0 unspecified atom stereocenters. The van der Waals surface area contributed by atoms with E-state index in [1.165, 1.54) is 7.11 Å². The number of ether oxygens (including phenoxy) is 2. The van der Waals surface area contributed by atoms with Crippen molar-refractivity contribution in [2.24, 2.45) is 0 Å². The number of carbonyl (C=O) groups is 1. The van der Waals surface area contributed by atoms with Crippen LogP contribution < -0.4 is 4.74 Å². The minimum atomic E-state index is -0.341. The Bertz CT molecular complexity index is 729. The van der Waals surface area contributed by atoms with Gasteiger partial charge in [-0.3, -0.25) is 0 Å². The zero-order valence-electron chi connectivity index (χ0n) is 14.1. The number of methoxy groups -OCH3 is 1. The maximum atomic E-state index is 11.9. The maximum Gasteiger partial charge on any atom is 0.338 e. The average molecular weight is 310 g/mol. The number of esters is 1. The molecular formula is C20H22O3. The van der Waals surface area contributed by atoms with Crippen LogP contribution in [0.3, 0.4) is 0 Å². The van der Waals surface area contributed by atoms with Crippen LogP contribution in [0.1, 0.15) is 29.2 Å². The van der Waals surface area contributed by atoms with Gasteiger partial charge in [0.15, 0.2) is 0 Å². The van der Waals surface area contributed by atoms with Gasteiger partial charge in [0.05, 0.1) is 12.7 Å². The minimum Gasteiger partial charge on any atom is -0.489 e. The zero-order chi connectivity index (χ0) is 16.8. The van der Waals surface area contributed by atoms with Crippen molar-refractivity contribution in [3.8, 4) is 5.75 Å². The van der Waals surface area contributed by atoms with Gasteiger partial charge in [-0.15, -0.1) is 0 Å². The molecule has 0 atom stereocenters. The highest BCUT2D eigenvalue weighted by molar-refractivity contribution is 6.16. The molecule has 3 heteroatoms. The van der Waals surface area contributed by atoms with Crippen LogP contribution in [0.25, 0.3) is 5.57 Å². The summed E-state index contributed by atoms with van der Waals surface area (Å²) in [5.74, 6) is 0.520. The Kier molecular flexibility index (Phi) is 5.58. The summed E-state index contributed by atoms with van der Waals surface area (Å²) in [4.78, 5) is 11.9. The molecule has 0 N–H and O–H groups in total. The average Bonchev–Trinajstić information content (AvgIpc) is 2.57. The smallest absolute Gasteiger partial charge is 0.338 e. The second-order valence-corrected chi connectivity index (χ2v) is 5.41. The first kappa shape index (κ1) is 16.8. The summed E-state index contributed by atoms with van der Waals surface area (Å²) in [5, 5.41) is 0. The molecule has 0 spiro atoms. The van der Waals surface area contributed by atoms with Gasteiger partial charge >= 0.3 is 5.97 Å². The molecule has 0 saturated heterocycles. The van der Waals surface area contributed by atoms with Crippen molar-refractivity contribution in [3.63, 3.8) is 0 Å². The third-order valence-corrected chi connectivity index (χ3v) is 3.73. The predicted molar refractivity (Wildman–Crippen MR) is 92.4 cm³/mol. The summed E-state index contributed by atoms with van der Waals surface area (Å²) >= 11 is 0. The lowest BCUT2D eigenvalue weighted by molar-refractivity contribution is -0.133. The van der Waals surface area contributed by atoms with Crippen LogP contribution >= 0.6 is 0 Å². The molecule has 0 heterocycles. The summed E-state index contributed by atoms with van der Waals surface area (Å²) in [6, 6.07) is 13.8. The van der Waals surface area contributed by atoms with Gasteiger partial charge in [-0.25, -0.2) is 4.79 Å². The largest absolute Gasteiger partial charge is 0.489 e. The molecular weight excluding hydrogens is 288 g/mol. The molecule has 0 amide bonds. The summed E-state index contributed by atoms with van der Waals surface area (Å²) in [5.41, 5.74) is 4.58. The highest BCUT2D eigenvalue weighted by Crippen LogP contribution is 2.24. The van der Waals surface area contributed by atoms with Crippen molar-refractivity contribution in [3.05, 3.63) is 70.8 Å². The van der Waals surface area contributed by atoms with Gasteiger partial charge in [0.25, 0.3) is 0 Å². The van der Waals surface area contributed by atoms with E-state index in [0.717, 1.165) is 28.0 Å². The molecule has 0 saturated carbocycles. The Labute approximate surface area is 137 Å². The lowest BCUT2D eigenvalue weighted by Crippen LogP contribution is -2.08. The Balaban J connectivity index is 2.27. The third-order valence-electron chi connectivity index (χ3n) is 3.73. The van der Waals surface area contributed by atoms with Gasteiger partial charge in [-0.2, -0.15) is 0 Å². The van der Waals surface area contributed by atoms with Crippen molar-refractivity contribution < 1.29 is 14.3 Å². The lowest BCUT2D eigenvalue weighted by atomic mass is 10.00. The van der Waals surface area contributed by atoms with Crippen LogP contribution in [0, 0.1) is 13.8 Å². The molecule has 0 aliphatic rings. The highest BCUT2D eigenvalue weighted by atomic mass is 16.5. The molecule has 120 valence electrons. The second-order valence-electron chi connectivity index (χ2n) is 5.41. The van der Waals surface area contributed by atoms with Crippen molar-refractivity contribution in [1.82, 2.24) is 0 Å². The molecule has 0 aromatic heterocycles. The number of carbonyl (C=O) groups excluding carboxylic acids is 1. The van der Waals surface area contributed by atoms with E-state index in [4.69, 9.17) is 9.47 Å². The van der Waals surface area contributed by atoms with Crippen molar-refractivity contribution in [2.45, 2.75) is 27.4 Å². The van der Waals surface area contributed by atoms with E-state index in [1.54, 1.807) is 6.08 Å². The summed E-state index contributed by atoms with van der Waals surface area (Å²) in [6.07, 6.45) is 1.77. The normalized spacial score (nSPS) is 11.2. The number of hydrogen-bond acceptors (Lipinski definition) is 3. The quantitative estimate of drug-likeness (QED) is 0.604. The van der Waals surface area contributed by atoms with E-state index in [0.29, 0.717) is 12.2 Å². The maximum absolute atomic E-state index is 11.9. The lowest BCUT2D eigenvalue weighted by Gasteiger charge is -2.14. The number of aryl methyl sites for hydroxylation is 2. The fourth-order valence-corrected chi connectivity index (χ4v) is 2.42.